The topological polar surface area (TPSA) is 57.6 Å². The molecule has 1 rings (SSSR count). The van der Waals surface area contributed by atoms with E-state index >= 15 is 0 Å². The highest BCUT2D eigenvalue weighted by Gasteiger charge is 2.30. The Bertz CT molecular complexity index is 508. The summed E-state index contributed by atoms with van der Waals surface area (Å²) < 4.78 is 0. The summed E-state index contributed by atoms with van der Waals surface area (Å²) in [4.78, 5) is 25.2. The Kier molecular flexibility index (Phi) is 5.17. The molecule has 1 atom stereocenters. The van der Waals surface area contributed by atoms with Crippen LogP contribution in [-0.2, 0) is 4.79 Å². The zero-order chi connectivity index (χ0) is 15.5. The highest BCUT2D eigenvalue weighted by atomic mass is 35.5. The third kappa shape index (κ3) is 4.23. The molecule has 0 radical (unpaired) electrons. The van der Waals surface area contributed by atoms with Crippen LogP contribution in [0.1, 0.15) is 38.1 Å². The lowest BCUT2D eigenvalue weighted by atomic mass is 10.0. The van der Waals surface area contributed by atoms with Gasteiger partial charge in [0.2, 0.25) is 0 Å². The van der Waals surface area contributed by atoms with Gasteiger partial charge in [0, 0.05) is 22.7 Å². The molecule has 1 amide bonds. The summed E-state index contributed by atoms with van der Waals surface area (Å²) >= 11 is 5.90. The number of hydrogen-bond donors (Lipinski definition) is 1. The van der Waals surface area contributed by atoms with E-state index in [9.17, 15) is 9.59 Å². The molecular weight excluding hydrogens is 278 g/mol. The van der Waals surface area contributed by atoms with E-state index in [0.717, 1.165) is 0 Å². The molecule has 110 valence electrons. The molecule has 1 aromatic carbocycles. The third-order valence-electron chi connectivity index (χ3n) is 3.00. The molecule has 0 saturated carbocycles. The molecule has 0 aromatic heterocycles. The van der Waals surface area contributed by atoms with Crippen molar-refractivity contribution in [2.45, 2.75) is 33.2 Å². The van der Waals surface area contributed by atoms with Crippen molar-refractivity contribution in [1.82, 2.24) is 4.90 Å². The van der Waals surface area contributed by atoms with Gasteiger partial charge < -0.3 is 10.0 Å². The summed E-state index contributed by atoms with van der Waals surface area (Å²) in [5.41, 5.74) is -0.00616. The van der Waals surface area contributed by atoms with Crippen LogP contribution < -0.4 is 0 Å². The van der Waals surface area contributed by atoms with Gasteiger partial charge in [0.1, 0.15) is 0 Å². The SMILES string of the molecule is CC(CN(C(=O)c1cccc(Cl)c1)C(C)(C)C)C(=O)O. The molecule has 0 bridgehead atoms. The van der Waals surface area contributed by atoms with Crippen LogP contribution in [0.4, 0.5) is 0 Å². The molecule has 0 spiro atoms. The number of hydrogen-bond acceptors (Lipinski definition) is 2. The highest BCUT2D eigenvalue weighted by molar-refractivity contribution is 6.30. The van der Waals surface area contributed by atoms with Crippen molar-refractivity contribution in [3.05, 3.63) is 34.9 Å². The van der Waals surface area contributed by atoms with Crippen LogP contribution in [0.5, 0.6) is 0 Å². The molecule has 0 saturated heterocycles. The second-order valence-corrected chi connectivity index (χ2v) is 6.27. The predicted molar refractivity (Wildman–Crippen MR) is 79.0 cm³/mol. The van der Waals surface area contributed by atoms with Crippen LogP contribution in [0.2, 0.25) is 5.02 Å². The van der Waals surface area contributed by atoms with Gasteiger partial charge in [-0.1, -0.05) is 24.6 Å². The lowest BCUT2D eigenvalue weighted by molar-refractivity contribution is -0.141. The Morgan fingerprint density at radius 2 is 1.95 bits per heavy atom. The van der Waals surface area contributed by atoms with Gasteiger partial charge in [-0.2, -0.15) is 0 Å². The van der Waals surface area contributed by atoms with E-state index in [4.69, 9.17) is 16.7 Å². The van der Waals surface area contributed by atoms with E-state index in [1.165, 1.54) is 0 Å². The number of rotatable bonds is 4. The largest absolute Gasteiger partial charge is 0.481 e. The second-order valence-electron chi connectivity index (χ2n) is 5.84. The van der Waals surface area contributed by atoms with E-state index in [1.807, 2.05) is 20.8 Å². The first-order valence-corrected chi connectivity index (χ1v) is 6.81. The molecule has 1 N–H and O–H groups in total. The standard InChI is InChI=1S/C15H20ClNO3/c1-10(14(19)20)9-17(15(2,3)4)13(18)11-6-5-7-12(16)8-11/h5-8,10H,9H2,1-4H3,(H,19,20). The summed E-state index contributed by atoms with van der Waals surface area (Å²) in [6, 6.07) is 6.67. The Morgan fingerprint density at radius 1 is 1.35 bits per heavy atom. The second kappa shape index (κ2) is 6.27. The first kappa shape index (κ1) is 16.5. The van der Waals surface area contributed by atoms with Gasteiger partial charge in [-0.05, 0) is 39.0 Å². The van der Waals surface area contributed by atoms with Gasteiger partial charge in [-0.15, -0.1) is 0 Å². The van der Waals surface area contributed by atoms with Crippen LogP contribution in [0.3, 0.4) is 0 Å². The summed E-state index contributed by atoms with van der Waals surface area (Å²) in [6.45, 7) is 7.38. The highest BCUT2D eigenvalue weighted by Crippen LogP contribution is 2.21. The lowest BCUT2D eigenvalue weighted by Crippen LogP contribution is -2.48. The molecule has 20 heavy (non-hydrogen) atoms. The van der Waals surface area contributed by atoms with E-state index in [0.29, 0.717) is 10.6 Å². The number of nitrogens with zero attached hydrogens (tertiary/aromatic N) is 1. The maximum atomic E-state index is 12.6. The molecule has 0 fully saturated rings. The number of carbonyl (C=O) groups excluding carboxylic acids is 1. The fraction of sp³-hybridized carbons (Fsp3) is 0.467. The van der Waals surface area contributed by atoms with Crippen LogP contribution in [0.25, 0.3) is 0 Å². The van der Waals surface area contributed by atoms with E-state index in [-0.39, 0.29) is 12.5 Å². The molecule has 0 heterocycles. The zero-order valence-electron chi connectivity index (χ0n) is 12.2. The number of carboxylic acid groups (broad SMARTS) is 1. The van der Waals surface area contributed by atoms with Crippen molar-refractivity contribution >= 4 is 23.5 Å². The Hall–Kier alpha value is -1.55. The monoisotopic (exact) mass is 297 g/mol. The fourth-order valence-electron chi connectivity index (χ4n) is 1.79. The average Bonchev–Trinajstić information content (AvgIpc) is 2.33. The van der Waals surface area contributed by atoms with E-state index in [1.54, 1.807) is 36.1 Å². The minimum atomic E-state index is -0.918. The molecule has 0 aliphatic heterocycles. The first-order valence-electron chi connectivity index (χ1n) is 6.43. The number of halogens is 1. The summed E-state index contributed by atoms with van der Waals surface area (Å²) in [5, 5.41) is 9.52. The summed E-state index contributed by atoms with van der Waals surface area (Å²) in [6.07, 6.45) is 0. The predicted octanol–water partition coefficient (Wildman–Crippen LogP) is 3.30. The number of amides is 1. The molecular formula is C15H20ClNO3. The number of carbonyl (C=O) groups is 2. The Morgan fingerprint density at radius 3 is 2.40 bits per heavy atom. The van der Waals surface area contributed by atoms with Crippen LogP contribution in [0.15, 0.2) is 24.3 Å². The van der Waals surface area contributed by atoms with Crippen molar-refractivity contribution in [2.24, 2.45) is 5.92 Å². The van der Waals surface area contributed by atoms with Gasteiger partial charge >= 0.3 is 5.97 Å². The van der Waals surface area contributed by atoms with Crippen molar-refractivity contribution in [3.63, 3.8) is 0 Å². The Balaban J connectivity index is 3.06. The fourth-order valence-corrected chi connectivity index (χ4v) is 1.98. The van der Waals surface area contributed by atoms with E-state index < -0.39 is 17.4 Å². The lowest BCUT2D eigenvalue weighted by Gasteiger charge is -2.37. The van der Waals surface area contributed by atoms with Crippen LogP contribution in [-0.4, -0.2) is 34.0 Å². The third-order valence-corrected chi connectivity index (χ3v) is 3.24. The van der Waals surface area contributed by atoms with Gasteiger partial charge in [-0.25, -0.2) is 0 Å². The first-order chi connectivity index (χ1) is 9.12. The summed E-state index contributed by atoms with van der Waals surface area (Å²) in [5.74, 6) is -1.76. The molecule has 0 aliphatic carbocycles. The normalized spacial score (nSPS) is 12.8. The molecule has 4 nitrogen and oxygen atoms in total. The van der Waals surface area contributed by atoms with Gasteiger partial charge in [0.05, 0.1) is 5.92 Å². The number of aliphatic carboxylic acids is 1. The van der Waals surface area contributed by atoms with Crippen LogP contribution >= 0.6 is 11.6 Å². The van der Waals surface area contributed by atoms with Crippen LogP contribution in [0, 0.1) is 5.92 Å². The quantitative estimate of drug-likeness (QED) is 0.927. The van der Waals surface area contributed by atoms with Gasteiger partial charge in [0.15, 0.2) is 0 Å². The van der Waals surface area contributed by atoms with Gasteiger partial charge in [-0.3, -0.25) is 9.59 Å². The van der Waals surface area contributed by atoms with Crippen molar-refractivity contribution in [1.29, 1.82) is 0 Å². The Labute approximate surface area is 124 Å². The smallest absolute Gasteiger partial charge is 0.308 e. The minimum Gasteiger partial charge on any atom is -0.481 e. The minimum absolute atomic E-state index is 0.157. The zero-order valence-corrected chi connectivity index (χ0v) is 12.9. The molecule has 0 aliphatic rings. The molecule has 5 heteroatoms. The number of carboxylic acids is 1. The van der Waals surface area contributed by atoms with Gasteiger partial charge in [0.25, 0.3) is 5.91 Å². The molecule has 1 aromatic rings. The maximum absolute atomic E-state index is 12.6. The van der Waals surface area contributed by atoms with Crippen molar-refractivity contribution in [3.8, 4) is 0 Å². The average molecular weight is 298 g/mol. The van der Waals surface area contributed by atoms with E-state index in [2.05, 4.69) is 0 Å². The van der Waals surface area contributed by atoms with Crippen molar-refractivity contribution < 1.29 is 14.7 Å². The maximum Gasteiger partial charge on any atom is 0.308 e. The molecule has 1 unspecified atom stereocenters. The summed E-state index contributed by atoms with van der Waals surface area (Å²) in [7, 11) is 0. The number of benzene rings is 1. The van der Waals surface area contributed by atoms with Crippen molar-refractivity contribution in [2.75, 3.05) is 6.54 Å².